The number of hydrogen-bond donors (Lipinski definition) is 0. The van der Waals surface area contributed by atoms with E-state index in [0.29, 0.717) is 26.4 Å². The molecule has 1 aliphatic rings. The molecule has 244 valence electrons. The first-order valence-electron chi connectivity index (χ1n) is 9.88. The first-order chi connectivity index (χ1) is 16.9. The smallest absolute Gasteiger partial charge is 0.741 e. The van der Waals surface area contributed by atoms with Crippen LogP contribution in [0.5, 0.6) is 0 Å². The fraction of sp³-hybridized carbons (Fsp3) is 0.667. The van der Waals surface area contributed by atoms with Gasteiger partial charge in [0.05, 0.1) is 39.6 Å². The summed E-state index contributed by atoms with van der Waals surface area (Å²) in [7, 11) is -12.2. The van der Waals surface area contributed by atoms with E-state index < -0.39 is 31.3 Å². The van der Waals surface area contributed by atoms with Crippen molar-refractivity contribution < 1.29 is 115 Å². The van der Waals surface area contributed by atoms with E-state index in [4.69, 9.17) is 40.2 Å². The Labute approximate surface area is 266 Å². The van der Waals surface area contributed by atoms with Gasteiger partial charge >= 0.3 is 53.8 Å². The van der Waals surface area contributed by atoms with Gasteiger partial charge in [0.1, 0.15) is 0 Å². The summed E-state index contributed by atoms with van der Waals surface area (Å²) in [6, 6.07) is 9.94. The van der Waals surface area contributed by atoms with Crippen molar-refractivity contribution in [3.05, 3.63) is 35.4 Å². The van der Waals surface area contributed by atoms with Crippen molar-refractivity contribution in [3.8, 4) is 0 Å². The Kier molecular flexibility index (Phi) is 28.4. The van der Waals surface area contributed by atoms with Crippen molar-refractivity contribution >= 4 is 43.8 Å². The fourth-order valence-electron chi connectivity index (χ4n) is 1.88. The summed E-state index contributed by atoms with van der Waals surface area (Å²) in [4.78, 5) is 0. The van der Waals surface area contributed by atoms with E-state index in [9.17, 15) is 26.3 Å². The predicted molar refractivity (Wildman–Crippen MR) is 125 cm³/mol. The van der Waals surface area contributed by atoms with Gasteiger partial charge in [-0.2, -0.15) is 85.3 Å². The molecule has 0 aromatic heterocycles. The number of hydrogen-bond acceptors (Lipinski definition) is 11. The largest absolute Gasteiger partial charge is 2.00 e. The molecule has 1 aromatic rings. The number of rotatable bonds is 0. The molecule has 0 unspecified atom stereocenters. The van der Waals surface area contributed by atoms with Gasteiger partial charge < -0.3 is 28.8 Å². The first kappa shape index (κ1) is 47.5. The van der Waals surface area contributed by atoms with Crippen LogP contribution in [-0.4, -0.2) is 93.6 Å². The number of benzene rings is 1. The number of alkyl halides is 6. The molecule has 22 heteroatoms. The molecular formula is C18H25AgF6O10PdS4. The summed E-state index contributed by atoms with van der Waals surface area (Å²) in [5.41, 5.74) is -8.74. The molecule has 0 saturated heterocycles. The zero-order valence-electron chi connectivity index (χ0n) is 20.0. The summed E-state index contributed by atoms with van der Waals surface area (Å²) in [5, 5.41) is 0. The summed E-state index contributed by atoms with van der Waals surface area (Å²) in [6.07, 6.45) is 0. The van der Waals surface area contributed by atoms with Crippen molar-refractivity contribution in [1.82, 2.24) is 0 Å². The van der Waals surface area contributed by atoms with Gasteiger partial charge in [-0.05, 0) is 11.5 Å². The maximum atomic E-state index is 10.7. The normalized spacial score (nSPS) is 16.3. The summed E-state index contributed by atoms with van der Waals surface area (Å²) in [5.74, 6) is 4.02. The molecule has 0 amide bonds. The average Bonchev–Trinajstić information content (AvgIpc) is 2.74. The van der Waals surface area contributed by atoms with E-state index in [2.05, 4.69) is 24.3 Å². The van der Waals surface area contributed by atoms with Crippen molar-refractivity contribution in [2.75, 3.05) is 51.1 Å². The molecule has 1 heterocycles. The Hall–Kier alpha value is 0.563. The quantitative estimate of drug-likeness (QED) is 0.123. The molecule has 0 fully saturated rings. The SMILES string of the molecule is O.O=S(=O)([O-])C(F)(F)F.O=S(=O)([O-])C(F)(F)F.[Ag+].[Pd+2].[c-]1c2cccc1CSCCOCCOCCOCCSC2. The van der Waals surface area contributed by atoms with Crippen LogP contribution >= 0.6 is 23.5 Å². The number of halogens is 6. The standard InChI is InChI=1S/C16H23O3S2.2CHF3O3S.Ag.H2O.Pd/c1-2-15-12-16(3-1)14-21-11-9-19-7-5-17-4-6-18-8-10-20-13-15;2*2-1(3,4)8(5,6)7;;;/h1-3H,4-11,13-14H2;2*(H,5,6,7);;1H2;/q-1;;;+1;;+2/p-2. The first-order valence-corrected chi connectivity index (χ1v) is 15.0. The van der Waals surface area contributed by atoms with E-state index in [0.717, 1.165) is 36.2 Å². The molecule has 0 saturated carbocycles. The molecule has 2 N–H and O–H groups in total. The number of fused-ring (bicyclic) bond motifs is 2. The van der Waals surface area contributed by atoms with E-state index in [1.54, 1.807) is 0 Å². The fourth-order valence-corrected chi connectivity index (χ4v) is 3.42. The zero-order chi connectivity index (χ0) is 28.6. The second-order valence-electron chi connectivity index (χ2n) is 6.44. The Morgan fingerprint density at radius 3 is 1.25 bits per heavy atom. The van der Waals surface area contributed by atoms with Gasteiger partial charge in [0.2, 0.25) is 0 Å². The summed E-state index contributed by atoms with van der Waals surface area (Å²) >= 11 is 3.79. The average molecular weight is 858 g/mol. The van der Waals surface area contributed by atoms with Gasteiger partial charge in [0, 0.05) is 11.5 Å². The van der Waals surface area contributed by atoms with E-state index in [1.807, 2.05) is 23.5 Å². The van der Waals surface area contributed by atoms with Crippen LogP contribution in [0.3, 0.4) is 0 Å². The predicted octanol–water partition coefficient (Wildman–Crippen LogP) is 2.29. The van der Waals surface area contributed by atoms with Crippen LogP contribution in [0.2, 0.25) is 0 Å². The number of thioether (sulfide) groups is 2. The van der Waals surface area contributed by atoms with E-state index >= 15 is 0 Å². The third kappa shape index (κ3) is 25.1. The monoisotopic (exact) mass is 856 g/mol. The second kappa shape index (κ2) is 24.0. The van der Waals surface area contributed by atoms with Gasteiger partial charge in [-0.25, -0.2) is 16.8 Å². The Bertz CT molecular complexity index is 913. The third-order valence-corrected chi connectivity index (χ3v) is 6.56. The molecule has 0 spiro atoms. The van der Waals surface area contributed by atoms with Crippen LogP contribution < -0.4 is 0 Å². The van der Waals surface area contributed by atoms with Crippen LogP contribution in [-0.2, 0) is 88.8 Å². The Balaban J connectivity index is -0.000000287. The van der Waals surface area contributed by atoms with Crippen LogP contribution in [0.25, 0.3) is 0 Å². The van der Waals surface area contributed by atoms with Crippen molar-refractivity contribution in [1.29, 1.82) is 0 Å². The molecule has 40 heavy (non-hydrogen) atoms. The maximum Gasteiger partial charge on any atom is 2.00 e. The molecule has 10 nitrogen and oxygen atoms in total. The van der Waals surface area contributed by atoms with Crippen LogP contribution in [0, 0.1) is 6.07 Å². The van der Waals surface area contributed by atoms with Gasteiger partial charge in [-0.1, -0.05) is 0 Å². The zero-order valence-corrected chi connectivity index (χ0v) is 26.3. The maximum absolute atomic E-state index is 10.7. The van der Waals surface area contributed by atoms with Crippen molar-refractivity contribution in [2.24, 2.45) is 0 Å². The van der Waals surface area contributed by atoms with Gasteiger partial charge in [-0.3, -0.25) is 0 Å². The van der Waals surface area contributed by atoms with Crippen LogP contribution in [0.1, 0.15) is 11.1 Å². The van der Waals surface area contributed by atoms with E-state index in [-0.39, 0.29) is 48.3 Å². The number of ether oxygens (including phenoxy) is 3. The molecule has 2 rings (SSSR count). The van der Waals surface area contributed by atoms with Gasteiger partial charge in [-0.15, -0.1) is 0 Å². The minimum atomic E-state index is -6.09. The molecule has 0 radical (unpaired) electrons. The van der Waals surface area contributed by atoms with Crippen LogP contribution in [0.4, 0.5) is 26.3 Å². The molecular weight excluding hydrogens is 833 g/mol. The summed E-state index contributed by atoms with van der Waals surface area (Å²) < 4.78 is 134. The van der Waals surface area contributed by atoms with Crippen molar-refractivity contribution in [2.45, 2.75) is 22.5 Å². The third-order valence-electron chi connectivity index (χ3n) is 3.49. The van der Waals surface area contributed by atoms with Crippen LogP contribution in [0.15, 0.2) is 18.2 Å². The molecule has 2 bridgehead atoms. The second-order valence-corrected chi connectivity index (χ2v) is 11.4. The van der Waals surface area contributed by atoms with Gasteiger partial charge in [0.15, 0.2) is 20.2 Å². The minimum Gasteiger partial charge on any atom is -0.741 e. The molecule has 0 atom stereocenters. The Morgan fingerprint density at radius 2 is 0.975 bits per heavy atom. The molecule has 1 aliphatic heterocycles. The molecule has 1 aromatic carbocycles. The van der Waals surface area contributed by atoms with Crippen molar-refractivity contribution in [3.63, 3.8) is 0 Å². The molecule has 0 aliphatic carbocycles. The summed E-state index contributed by atoms with van der Waals surface area (Å²) in [6.45, 7) is 4.19. The van der Waals surface area contributed by atoms with E-state index in [1.165, 1.54) is 11.1 Å². The Morgan fingerprint density at radius 1 is 0.700 bits per heavy atom. The van der Waals surface area contributed by atoms with Gasteiger partial charge in [0.25, 0.3) is 0 Å². The minimum absolute atomic E-state index is 0. The topological polar surface area (TPSA) is 174 Å².